The lowest BCUT2D eigenvalue weighted by atomic mass is 10.00. The van der Waals surface area contributed by atoms with Gasteiger partial charge >= 0.3 is 0 Å². The maximum atomic E-state index is 12.2. The molecule has 0 aromatic heterocycles. The van der Waals surface area contributed by atoms with E-state index in [-0.39, 0.29) is 17.9 Å². The number of amides is 2. The molecule has 0 bridgehead atoms. The van der Waals surface area contributed by atoms with E-state index in [0.717, 1.165) is 24.1 Å². The van der Waals surface area contributed by atoms with Crippen LogP contribution in [-0.4, -0.2) is 24.4 Å². The molecule has 0 fully saturated rings. The molecule has 1 aromatic rings. The van der Waals surface area contributed by atoms with Crippen molar-refractivity contribution in [2.75, 3.05) is 11.9 Å². The largest absolute Gasteiger partial charge is 0.348 e. The highest BCUT2D eigenvalue weighted by atomic mass is 16.2. The molecule has 108 valence electrons. The van der Waals surface area contributed by atoms with Gasteiger partial charge in [0, 0.05) is 30.3 Å². The lowest BCUT2D eigenvalue weighted by Gasteiger charge is -2.19. The Bertz CT molecular complexity index is 514. The molecule has 4 N–H and O–H groups in total. The number of anilines is 1. The third-order valence-corrected chi connectivity index (χ3v) is 3.52. The summed E-state index contributed by atoms with van der Waals surface area (Å²) in [7, 11) is 0. The summed E-state index contributed by atoms with van der Waals surface area (Å²) in [4.78, 5) is 23.5. The average Bonchev–Trinajstić information content (AvgIpc) is 2.46. The Balaban J connectivity index is 2.09. The molecule has 1 unspecified atom stereocenters. The van der Waals surface area contributed by atoms with Gasteiger partial charge in [-0.2, -0.15) is 0 Å². The van der Waals surface area contributed by atoms with Crippen LogP contribution in [0.5, 0.6) is 0 Å². The minimum atomic E-state index is -0.103. The SMILES string of the molecule is CCCC(CN)NC(=O)c1ccc2c(c1)CCC(=O)N2. The van der Waals surface area contributed by atoms with Crippen LogP contribution in [-0.2, 0) is 11.2 Å². The first-order valence-corrected chi connectivity index (χ1v) is 7.07. The Kier molecular flexibility index (Phi) is 4.74. The van der Waals surface area contributed by atoms with E-state index in [2.05, 4.69) is 17.6 Å². The molecule has 1 atom stereocenters. The summed E-state index contributed by atoms with van der Waals surface area (Å²) in [5.41, 5.74) is 8.09. The molecule has 0 spiro atoms. The summed E-state index contributed by atoms with van der Waals surface area (Å²) in [5.74, 6) is -0.0746. The smallest absolute Gasteiger partial charge is 0.251 e. The van der Waals surface area contributed by atoms with Crippen LogP contribution in [0.15, 0.2) is 18.2 Å². The van der Waals surface area contributed by atoms with Crippen molar-refractivity contribution < 1.29 is 9.59 Å². The van der Waals surface area contributed by atoms with Crippen molar-refractivity contribution in [3.8, 4) is 0 Å². The fourth-order valence-corrected chi connectivity index (χ4v) is 2.39. The molecule has 5 nitrogen and oxygen atoms in total. The van der Waals surface area contributed by atoms with Gasteiger partial charge in [-0.25, -0.2) is 0 Å². The maximum absolute atomic E-state index is 12.2. The number of benzene rings is 1. The van der Waals surface area contributed by atoms with Crippen molar-refractivity contribution in [3.05, 3.63) is 29.3 Å². The normalized spacial score (nSPS) is 15.2. The van der Waals surface area contributed by atoms with Gasteiger partial charge in [0.05, 0.1) is 0 Å². The average molecular weight is 275 g/mol. The first-order valence-electron chi connectivity index (χ1n) is 7.07. The van der Waals surface area contributed by atoms with Crippen molar-refractivity contribution in [2.45, 2.75) is 38.6 Å². The van der Waals surface area contributed by atoms with E-state index in [9.17, 15) is 9.59 Å². The van der Waals surface area contributed by atoms with Gasteiger partial charge in [-0.15, -0.1) is 0 Å². The van der Waals surface area contributed by atoms with E-state index in [1.165, 1.54) is 0 Å². The highest BCUT2D eigenvalue weighted by molar-refractivity contribution is 5.98. The quantitative estimate of drug-likeness (QED) is 0.760. The van der Waals surface area contributed by atoms with Crippen molar-refractivity contribution in [1.82, 2.24) is 5.32 Å². The number of hydrogen-bond donors (Lipinski definition) is 3. The van der Waals surface area contributed by atoms with Crippen LogP contribution in [0.1, 0.15) is 42.1 Å². The second-order valence-electron chi connectivity index (χ2n) is 5.11. The monoisotopic (exact) mass is 275 g/mol. The van der Waals surface area contributed by atoms with Crippen LogP contribution < -0.4 is 16.4 Å². The first kappa shape index (κ1) is 14.5. The Morgan fingerprint density at radius 2 is 2.25 bits per heavy atom. The molecule has 0 radical (unpaired) electrons. The maximum Gasteiger partial charge on any atom is 0.251 e. The predicted molar refractivity (Wildman–Crippen MR) is 78.6 cm³/mol. The second kappa shape index (κ2) is 6.52. The molecule has 2 rings (SSSR count). The molecule has 20 heavy (non-hydrogen) atoms. The fourth-order valence-electron chi connectivity index (χ4n) is 2.39. The lowest BCUT2D eigenvalue weighted by Crippen LogP contribution is -2.40. The van der Waals surface area contributed by atoms with E-state index in [4.69, 9.17) is 5.73 Å². The van der Waals surface area contributed by atoms with Gasteiger partial charge in [-0.1, -0.05) is 13.3 Å². The van der Waals surface area contributed by atoms with Gasteiger partial charge in [-0.3, -0.25) is 9.59 Å². The summed E-state index contributed by atoms with van der Waals surface area (Å²) in [6, 6.07) is 5.39. The second-order valence-corrected chi connectivity index (χ2v) is 5.11. The van der Waals surface area contributed by atoms with Gasteiger partial charge in [0.2, 0.25) is 5.91 Å². The first-order chi connectivity index (χ1) is 9.63. The van der Waals surface area contributed by atoms with Crippen LogP contribution in [0.2, 0.25) is 0 Å². The molecule has 1 aliphatic heterocycles. The molecule has 2 amide bonds. The Morgan fingerprint density at radius 1 is 1.45 bits per heavy atom. The number of aryl methyl sites for hydroxylation is 1. The van der Waals surface area contributed by atoms with Crippen molar-refractivity contribution in [1.29, 1.82) is 0 Å². The van der Waals surface area contributed by atoms with E-state index in [1.54, 1.807) is 12.1 Å². The zero-order valence-corrected chi connectivity index (χ0v) is 11.7. The fraction of sp³-hybridized carbons (Fsp3) is 0.467. The summed E-state index contributed by atoms with van der Waals surface area (Å²) < 4.78 is 0. The van der Waals surface area contributed by atoms with E-state index in [0.29, 0.717) is 24.9 Å². The predicted octanol–water partition coefficient (Wildman–Crippen LogP) is 1.43. The topological polar surface area (TPSA) is 84.2 Å². The molecular formula is C15H21N3O2. The highest BCUT2D eigenvalue weighted by Gasteiger charge is 2.17. The summed E-state index contributed by atoms with van der Waals surface area (Å²) in [6.45, 7) is 2.51. The lowest BCUT2D eigenvalue weighted by molar-refractivity contribution is -0.116. The summed E-state index contributed by atoms with van der Waals surface area (Å²) >= 11 is 0. The van der Waals surface area contributed by atoms with Gasteiger partial charge in [0.1, 0.15) is 0 Å². The third kappa shape index (κ3) is 3.36. The molecule has 1 aliphatic rings. The Hall–Kier alpha value is -1.88. The minimum absolute atomic E-state index is 0.0169. The van der Waals surface area contributed by atoms with Gasteiger partial charge in [0.15, 0.2) is 0 Å². The van der Waals surface area contributed by atoms with Crippen LogP contribution in [0.4, 0.5) is 5.69 Å². The van der Waals surface area contributed by atoms with Crippen LogP contribution in [0.3, 0.4) is 0 Å². The van der Waals surface area contributed by atoms with E-state index < -0.39 is 0 Å². The van der Waals surface area contributed by atoms with Crippen LogP contribution >= 0.6 is 0 Å². The van der Waals surface area contributed by atoms with E-state index in [1.807, 2.05) is 6.07 Å². The molecule has 0 saturated carbocycles. The van der Waals surface area contributed by atoms with E-state index >= 15 is 0 Å². The number of nitrogens with one attached hydrogen (secondary N) is 2. The zero-order chi connectivity index (χ0) is 14.5. The molecular weight excluding hydrogens is 254 g/mol. The van der Waals surface area contributed by atoms with Crippen molar-refractivity contribution in [2.24, 2.45) is 5.73 Å². The van der Waals surface area contributed by atoms with Gasteiger partial charge in [0.25, 0.3) is 5.91 Å². The molecule has 1 aromatic carbocycles. The third-order valence-electron chi connectivity index (χ3n) is 3.52. The number of carbonyl (C=O) groups excluding carboxylic acids is 2. The van der Waals surface area contributed by atoms with Crippen LogP contribution in [0, 0.1) is 0 Å². The molecule has 5 heteroatoms. The summed E-state index contributed by atoms with van der Waals surface area (Å²) in [5, 5.41) is 5.76. The molecule has 0 aliphatic carbocycles. The minimum Gasteiger partial charge on any atom is -0.348 e. The summed E-state index contributed by atoms with van der Waals surface area (Å²) in [6.07, 6.45) is 3.01. The molecule has 1 heterocycles. The standard InChI is InChI=1S/C15H21N3O2/c1-2-3-12(9-16)17-15(20)11-4-6-13-10(8-11)5-7-14(19)18-13/h4,6,8,12H,2-3,5,7,9,16H2,1H3,(H,17,20)(H,18,19). The zero-order valence-electron chi connectivity index (χ0n) is 11.7. The van der Waals surface area contributed by atoms with Gasteiger partial charge in [-0.05, 0) is 36.6 Å². The number of fused-ring (bicyclic) bond motifs is 1. The number of nitrogens with two attached hydrogens (primary N) is 1. The van der Waals surface area contributed by atoms with Crippen LogP contribution in [0.25, 0.3) is 0 Å². The Labute approximate surface area is 118 Å². The number of rotatable bonds is 5. The Morgan fingerprint density at radius 3 is 2.95 bits per heavy atom. The highest BCUT2D eigenvalue weighted by Crippen LogP contribution is 2.23. The molecule has 0 saturated heterocycles. The van der Waals surface area contributed by atoms with Crippen molar-refractivity contribution >= 4 is 17.5 Å². The number of hydrogen-bond acceptors (Lipinski definition) is 3. The van der Waals surface area contributed by atoms with Crippen molar-refractivity contribution in [3.63, 3.8) is 0 Å². The van der Waals surface area contributed by atoms with Gasteiger partial charge < -0.3 is 16.4 Å². The number of carbonyl (C=O) groups is 2.